The summed E-state index contributed by atoms with van der Waals surface area (Å²) in [5, 5.41) is 17.7. The third-order valence-corrected chi connectivity index (χ3v) is 3.99. The second-order valence-electron chi connectivity index (χ2n) is 5.68. The van der Waals surface area contributed by atoms with Crippen LogP contribution in [0.25, 0.3) is 17.2 Å². The van der Waals surface area contributed by atoms with Gasteiger partial charge in [-0.3, -0.25) is 4.79 Å². The van der Waals surface area contributed by atoms with Gasteiger partial charge in [-0.1, -0.05) is 11.2 Å². The van der Waals surface area contributed by atoms with Crippen LogP contribution in [0.1, 0.15) is 23.2 Å². The van der Waals surface area contributed by atoms with Gasteiger partial charge in [-0.15, -0.1) is 5.10 Å². The van der Waals surface area contributed by atoms with E-state index in [-0.39, 0.29) is 12.5 Å². The first kappa shape index (κ1) is 16.6. The number of hydrogen-bond donors (Lipinski definition) is 1. The van der Waals surface area contributed by atoms with Crippen LogP contribution in [0, 0.1) is 0 Å². The van der Waals surface area contributed by atoms with Gasteiger partial charge in [0, 0.05) is 18.3 Å². The van der Waals surface area contributed by atoms with Crippen molar-refractivity contribution in [3.8, 4) is 17.2 Å². The third kappa shape index (κ3) is 3.45. The summed E-state index contributed by atoms with van der Waals surface area (Å²) in [7, 11) is 0. The lowest BCUT2D eigenvalue weighted by Crippen LogP contribution is -2.23. The molecule has 4 aromatic rings. The molecule has 10 nitrogen and oxygen atoms in total. The van der Waals surface area contributed by atoms with Crippen LogP contribution in [0.4, 0.5) is 0 Å². The Kier molecular flexibility index (Phi) is 4.44. The van der Waals surface area contributed by atoms with Crippen molar-refractivity contribution < 1.29 is 9.32 Å². The number of tetrazole rings is 1. The number of carbonyl (C=O) groups is 1. The lowest BCUT2D eigenvalue weighted by molar-refractivity contribution is 0.0946. The number of amides is 1. The standard InChI is InChI=1S/C17H16N8O2/c1-2-24-8-4-7-14(24)16-20-15(27-21-16)10-18-17(26)12-5-3-6-13(9-12)25-11-19-22-23-25/h3-9,11H,2,10H2,1H3,(H,18,26). The molecule has 3 heterocycles. The van der Waals surface area contributed by atoms with E-state index in [0.29, 0.717) is 23.0 Å². The maximum atomic E-state index is 12.4. The normalized spacial score (nSPS) is 10.9. The van der Waals surface area contributed by atoms with Crippen molar-refractivity contribution in [3.63, 3.8) is 0 Å². The zero-order chi connectivity index (χ0) is 18.6. The fourth-order valence-corrected chi connectivity index (χ4v) is 2.65. The average molecular weight is 364 g/mol. The fraction of sp³-hybridized carbons (Fsp3) is 0.176. The van der Waals surface area contributed by atoms with Crippen molar-refractivity contribution in [1.29, 1.82) is 0 Å². The highest BCUT2D eigenvalue weighted by molar-refractivity contribution is 5.94. The van der Waals surface area contributed by atoms with Gasteiger partial charge in [-0.05, 0) is 47.7 Å². The van der Waals surface area contributed by atoms with Crippen LogP contribution in [0.5, 0.6) is 0 Å². The Balaban J connectivity index is 1.44. The van der Waals surface area contributed by atoms with E-state index in [1.54, 1.807) is 24.3 Å². The van der Waals surface area contributed by atoms with Gasteiger partial charge in [0.25, 0.3) is 5.91 Å². The molecule has 0 atom stereocenters. The highest BCUT2D eigenvalue weighted by Gasteiger charge is 2.13. The SMILES string of the molecule is CCn1cccc1-c1noc(CNC(=O)c2cccc(-n3cnnn3)c2)n1. The molecule has 0 saturated heterocycles. The van der Waals surface area contributed by atoms with E-state index in [1.807, 2.05) is 29.8 Å². The van der Waals surface area contributed by atoms with E-state index in [4.69, 9.17) is 4.52 Å². The predicted molar refractivity (Wildman–Crippen MR) is 93.7 cm³/mol. The first-order chi connectivity index (χ1) is 13.2. The van der Waals surface area contributed by atoms with Gasteiger partial charge in [0.2, 0.25) is 11.7 Å². The molecule has 27 heavy (non-hydrogen) atoms. The predicted octanol–water partition coefficient (Wildman–Crippen LogP) is 1.46. The molecule has 0 radical (unpaired) electrons. The Labute approximate surface area is 153 Å². The zero-order valence-electron chi connectivity index (χ0n) is 14.5. The van der Waals surface area contributed by atoms with Crippen LogP contribution < -0.4 is 5.32 Å². The topological polar surface area (TPSA) is 117 Å². The van der Waals surface area contributed by atoms with Crippen molar-refractivity contribution in [3.05, 3.63) is 60.4 Å². The molecule has 0 unspecified atom stereocenters. The minimum absolute atomic E-state index is 0.133. The number of carbonyl (C=O) groups excluding carboxylic acids is 1. The summed E-state index contributed by atoms with van der Waals surface area (Å²) in [6.45, 7) is 2.97. The van der Waals surface area contributed by atoms with Gasteiger partial charge in [-0.2, -0.15) is 4.98 Å². The molecule has 0 saturated carbocycles. The van der Waals surface area contributed by atoms with E-state index in [9.17, 15) is 4.79 Å². The smallest absolute Gasteiger partial charge is 0.251 e. The van der Waals surface area contributed by atoms with Crippen LogP contribution in [-0.2, 0) is 13.1 Å². The molecular formula is C17H16N8O2. The Morgan fingerprint density at radius 3 is 3.00 bits per heavy atom. The number of nitrogens with one attached hydrogen (secondary N) is 1. The average Bonchev–Trinajstić information content (AvgIpc) is 3.47. The largest absolute Gasteiger partial charge is 0.345 e. The molecule has 10 heteroatoms. The molecule has 0 fully saturated rings. The quantitative estimate of drug-likeness (QED) is 0.550. The summed E-state index contributed by atoms with van der Waals surface area (Å²) in [5.74, 6) is 0.562. The van der Waals surface area contributed by atoms with Crippen LogP contribution in [0.3, 0.4) is 0 Å². The molecule has 1 aromatic carbocycles. The number of nitrogens with zero attached hydrogens (tertiary/aromatic N) is 7. The lowest BCUT2D eigenvalue weighted by atomic mass is 10.2. The number of hydrogen-bond acceptors (Lipinski definition) is 7. The second-order valence-corrected chi connectivity index (χ2v) is 5.68. The van der Waals surface area contributed by atoms with Crippen LogP contribution >= 0.6 is 0 Å². The maximum Gasteiger partial charge on any atom is 0.251 e. The van der Waals surface area contributed by atoms with Crippen molar-refractivity contribution >= 4 is 5.91 Å². The van der Waals surface area contributed by atoms with Gasteiger partial charge < -0.3 is 14.4 Å². The van der Waals surface area contributed by atoms with Crippen molar-refractivity contribution in [2.75, 3.05) is 0 Å². The van der Waals surface area contributed by atoms with Crippen LogP contribution in [-0.4, -0.2) is 40.8 Å². The van der Waals surface area contributed by atoms with Gasteiger partial charge in [0.15, 0.2) is 0 Å². The first-order valence-corrected chi connectivity index (χ1v) is 8.34. The molecule has 1 N–H and O–H groups in total. The number of rotatable bonds is 6. The number of aryl methyl sites for hydroxylation is 1. The van der Waals surface area contributed by atoms with Crippen molar-refractivity contribution in [1.82, 2.24) is 40.2 Å². The van der Waals surface area contributed by atoms with Gasteiger partial charge in [0.05, 0.1) is 17.9 Å². The summed E-state index contributed by atoms with van der Waals surface area (Å²) in [5.41, 5.74) is 2.03. The summed E-state index contributed by atoms with van der Waals surface area (Å²) in [6, 6.07) is 10.8. The van der Waals surface area contributed by atoms with Crippen LogP contribution in [0.15, 0.2) is 53.4 Å². The van der Waals surface area contributed by atoms with Crippen molar-refractivity contribution in [2.24, 2.45) is 0 Å². The van der Waals surface area contributed by atoms with Crippen molar-refractivity contribution in [2.45, 2.75) is 20.0 Å². The minimum Gasteiger partial charge on any atom is -0.345 e. The van der Waals surface area contributed by atoms with Crippen LogP contribution in [0.2, 0.25) is 0 Å². The molecule has 0 aliphatic rings. The summed E-state index contributed by atoms with van der Waals surface area (Å²) in [4.78, 5) is 16.8. The molecule has 0 spiro atoms. The second kappa shape index (κ2) is 7.20. The highest BCUT2D eigenvalue weighted by atomic mass is 16.5. The first-order valence-electron chi connectivity index (χ1n) is 8.34. The summed E-state index contributed by atoms with van der Waals surface area (Å²) < 4.78 is 8.72. The van der Waals surface area contributed by atoms with E-state index < -0.39 is 0 Å². The molecule has 136 valence electrons. The monoisotopic (exact) mass is 364 g/mol. The van der Waals surface area contributed by atoms with Gasteiger partial charge >= 0.3 is 0 Å². The highest BCUT2D eigenvalue weighted by Crippen LogP contribution is 2.16. The Morgan fingerprint density at radius 2 is 2.19 bits per heavy atom. The summed E-state index contributed by atoms with van der Waals surface area (Å²) in [6.07, 6.45) is 3.41. The lowest BCUT2D eigenvalue weighted by Gasteiger charge is -2.04. The summed E-state index contributed by atoms with van der Waals surface area (Å²) >= 11 is 0. The molecule has 3 aromatic heterocycles. The minimum atomic E-state index is -0.262. The zero-order valence-corrected chi connectivity index (χ0v) is 14.5. The molecule has 1 amide bonds. The molecule has 0 bridgehead atoms. The Morgan fingerprint density at radius 1 is 1.26 bits per heavy atom. The fourth-order valence-electron chi connectivity index (χ4n) is 2.65. The van der Waals surface area contributed by atoms with Gasteiger partial charge in [0.1, 0.15) is 6.33 Å². The number of aromatic nitrogens is 7. The van der Waals surface area contributed by atoms with E-state index in [0.717, 1.165) is 12.2 Å². The van der Waals surface area contributed by atoms with E-state index >= 15 is 0 Å². The Hall–Kier alpha value is -3.82. The molecular weight excluding hydrogens is 348 g/mol. The molecule has 4 rings (SSSR count). The van der Waals surface area contributed by atoms with Gasteiger partial charge in [-0.25, -0.2) is 4.68 Å². The van der Waals surface area contributed by atoms with E-state index in [2.05, 4.69) is 31.0 Å². The number of benzene rings is 1. The third-order valence-electron chi connectivity index (χ3n) is 3.99. The molecule has 0 aliphatic heterocycles. The maximum absolute atomic E-state index is 12.4. The molecule has 0 aliphatic carbocycles. The Bertz CT molecular complexity index is 1050. The van der Waals surface area contributed by atoms with E-state index in [1.165, 1.54) is 11.0 Å².